The summed E-state index contributed by atoms with van der Waals surface area (Å²) in [6.45, 7) is 7.77. The van der Waals surface area contributed by atoms with Crippen molar-refractivity contribution in [2.24, 2.45) is 5.73 Å². The predicted molar refractivity (Wildman–Crippen MR) is 90.6 cm³/mol. The maximum atomic E-state index is 6.41. The van der Waals surface area contributed by atoms with Gasteiger partial charge in [0.05, 0.1) is 0 Å². The standard InChI is InChI=1S/C18H31N3/c1-14(2)15-7-9-16(10-8-15)18(19)13-21(4)17-6-5-11-20(3)12-17/h7-10,14,17-18H,5-6,11-13,19H2,1-4H3. The number of rotatable bonds is 5. The summed E-state index contributed by atoms with van der Waals surface area (Å²) in [6.07, 6.45) is 2.59. The summed E-state index contributed by atoms with van der Waals surface area (Å²) in [7, 11) is 4.43. The Morgan fingerprint density at radius 1 is 1.24 bits per heavy atom. The van der Waals surface area contributed by atoms with Gasteiger partial charge in [-0.3, -0.25) is 0 Å². The number of nitrogens with two attached hydrogens (primary N) is 1. The fourth-order valence-electron chi connectivity index (χ4n) is 3.19. The fourth-order valence-corrected chi connectivity index (χ4v) is 3.19. The van der Waals surface area contributed by atoms with E-state index in [-0.39, 0.29) is 6.04 Å². The third-order valence-corrected chi connectivity index (χ3v) is 4.74. The predicted octanol–water partition coefficient (Wildman–Crippen LogP) is 2.84. The van der Waals surface area contributed by atoms with Gasteiger partial charge in [0, 0.05) is 25.2 Å². The van der Waals surface area contributed by atoms with Crippen LogP contribution in [0.4, 0.5) is 0 Å². The Morgan fingerprint density at radius 3 is 2.43 bits per heavy atom. The van der Waals surface area contributed by atoms with Gasteiger partial charge in [-0.2, -0.15) is 0 Å². The topological polar surface area (TPSA) is 32.5 Å². The van der Waals surface area contributed by atoms with Gasteiger partial charge in [-0.05, 0) is 50.5 Å². The van der Waals surface area contributed by atoms with Crippen LogP contribution in [-0.2, 0) is 0 Å². The van der Waals surface area contributed by atoms with Crippen molar-refractivity contribution >= 4 is 0 Å². The number of benzene rings is 1. The zero-order chi connectivity index (χ0) is 15.4. The van der Waals surface area contributed by atoms with Crippen molar-refractivity contribution in [2.75, 3.05) is 33.7 Å². The molecule has 1 aromatic rings. The third kappa shape index (κ3) is 4.53. The van der Waals surface area contributed by atoms with Gasteiger partial charge in [0.15, 0.2) is 0 Å². The molecule has 1 saturated heterocycles. The van der Waals surface area contributed by atoms with Gasteiger partial charge in [-0.15, -0.1) is 0 Å². The molecule has 2 N–H and O–H groups in total. The van der Waals surface area contributed by atoms with Crippen molar-refractivity contribution < 1.29 is 0 Å². The number of likely N-dealkylation sites (N-methyl/N-ethyl adjacent to an activating group) is 2. The van der Waals surface area contributed by atoms with E-state index in [0.29, 0.717) is 12.0 Å². The summed E-state index contributed by atoms with van der Waals surface area (Å²) in [5, 5.41) is 0. The monoisotopic (exact) mass is 289 g/mol. The minimum Gasteiger partial charge on any atom is -0.323 e. The van der Waals surface area contributed by atoms with Crippen molar-refractivity contribution in [3.63, 3.8) is 0 Å². The minimum absolute atomic E-state index is 0.100. The van der Waals surface area contributed by atoms with Crippen LogP contribution in [0.25, 0.3) is 0 Å². The van der Waals surface area contributed by atoms with Gasteiger partial charge < -0.3 is 15.5 Å². The van der Waals surface area contributed by atoms with Crippen LogP contribution in [0.3, 0.4) is 0 Å². The molecule has 0 bridgehead atoms. The van der Waals surface area contributed by atoms with E-state index in [1.807, 2.05) is 0 Å². The molecule has 0 amide bonds. The lowest BCUT2D eigenvalue weighted by Gasteiger charge is -2.37. The van der Waals surface area contributed by atoms with E-state index in [2.05, 4.69) is 62.0 Å². The molecule has 1 aromatic carbocycles. The van der Waals surface area contributed by atoms with E-state index in [1.165, 1.54) is 30.5 Å². The van der Waals surface area contributed by atoms with Crippen LogP contribution in [0.1, 0.15) is 49.8 Å². The maximum absolute atomic E-state index is 6.41. The highest BCUT2D eigenvalue weighted by Crippen LogP contribution is 2.20. The molecular formula is C18H31N3. The highest BCUT2D eigenvalue weighted by molar-refractivity contribution is 5.26. The Labute approximate surface area is 130 Å². The molecule has 2 unspecified atom stereocenters. The summed E-state index contributed by atoms with van der Waals surface area (Å²) in [5.41, 5.74) is 9.04. The Morgan fingerprint density at radius 2 is 1.86 bits per heavy atom. The third-order valence-electron chi connectivity index (χ3n) is 4.74. The molecule has 118 valence electrons. The quantitative estimate of drug-likeness (QED) is 0.904. The van der Waals surface area contributed by atoms with E-state index in [9.17, 15) is 0 Å². The van der Waals surface area contributed by atoms with Crippen molar-refractivity contribution in [3.05, 3.63) is 35.4 Å². The van der Waals surface area contributed by atoms with E-state index >= 15 is 0 Å². The molecule has 0 spiro atoms. The molecule has 0 saturated carbocycles. The van der Waals surface area contributed by atoms with Crippen LogP contribution in [-0.4, -0.2) is 49.6 Å². The molecular weight excluding hydrogens is 258 g/mol. The molecule has 3 heteroatoms. The Balaban J connectivity index is 1.92. The van der Waals surface area contributed by atoms with Gasteiger partial charge in [0.2, 0.25) is 0 Å². The van der Waals surface area contributed by atoms with Crippen LogP contribution >= 0.6 is 0 Å². The molecule has 2 atom stereocenters. The summed E-state index contributed by atoms with van der Waals surface area (Å²) >= 11 is 0. The first-order chi connectivity index (χ1) is 9.97. The smallest absolute Gasteiger partial charge is 0.0424 e. The van der Waals surface area contributed by atoms with Crippen LogP contribution < -0.4 is 5.73 Å². The summed E-state index contributed by atoms with van der Waals surface area (Å²) in [4.78, 5) is 4.87. The lowest BCUT2D eigenvalue weighted by Crippen LogP contribution is -2.46. The van der Waals surface area contributed by atoms with Crippen molar-refractivity contribution in [1.82, 2.24) is 9.80 Å². The van der Waals surface area contributed by atoms with Gasteiger partial charge in [0.1, 0.15) is 0 Å². The van der Waals surface area contributed by atoms with Crippen molar-refractivity contribution in [3.8, 4) is 0 Å². The lowest BCUT2D eigenvalue weighted by molar-refractivity contribution is 0.129. The zero-order valence-electron chi connectivity index (χ0n) is 14.0. The van der Waals surface area contributed by atoms with Gasteiger partial charge in [-0.25, -0.2) is 0 Å². The second-order valence-corrected chi connectivity index (χ2v) is 6.93. The minimum atomic E-state index is 0.100. The van der Waals surface area contributed by atoms with Gasteiger partial charge >= 0.3 is 0 Å². The molecule has 2 rings (SSSR count). The van der Waals surface area contributed by atoms with Crippen LogP contribution in [0.15, 0.2) is 24.3 Å². The Hall–Kier alpha value is -0.900. The molecule has 21 heavy (non-hydrogen) atoms. The number of likely N-dealkylation sites (tertiary alicyclic amines) is 1. The van der Waals surface area contributed by atoms with Crippen molar-refractivity contribution in [1.29, 1.82) is 0 Å². The van der Waals surface area contributed by atoms with Crippen LogP contribution in [0.2, 0.25) is 0 Å². The normalized spacial score (nSPS) is 22.0. The van der Waals surface area contributed by atoms with E-state index < -0.39 is 0 Å². The van der Waals surface area contributed by atoms with Crippen LogP contribution in [0.5, 0.6) is 0 Å². The first-order valence-corrected chi connectivity index (χ1v) is 8.21. The molecule has 0 aliphatic carbocycles. The highest BCUT2D eigenvalue weighted by atomic mass is 15.2. The van der Waals surface area contributed by atoms with Gasteiger partial charge in [0.25, 0.3) is 0 Å². The summed E-state index contributed by atoms with van der Waals surface area (Å²) in [5.74, 6) is 0.579. The zero-order valence-corrected chi connectivity index (χ0v) is 14.0. The van der Waals surface area contributed by atoms with E-state index in [0.717, 1.165) is 13.1 Å². The largest absolute Gasteiger partial charge is 0.323 e. The highest BCUT2D eigenvalue weighted by Gasteiger charge is 2.22. The first-order valence-electron chi connectivity index (χ1n) is 8.21. The fraction of sp³-hybridized carbons (Fsp3) is 0.667. The van der Waals surface area contributed by atoms with Crippen molar-refractivity contribution in [2.45, 2.75) is 44.7 Å². The molecule has 0 aromatic heterocycles. The number of piperidine rings is 1. The molecule has 1 aliphatic rings. The SMILES string of the molecule is CC(C)c1ccc(C(N)CN(C)C2CCCN(C)C2)cc1. The molecule has 3 nitrogen and oxygen atoms in total. The maximum Gasteiger partial charge on any atom is 0.0424 e. The molecule has 1 aliphatic heterocycles. The average molecular weight is 289 g/mol. The summed E-state index contributed by atoms with van der Waals surface area (Å²) < 4.78 is 0. The Kier molecular flexibility index (Phi) is 5.80. The lowest BCUT2D eigenvalue weighted by atomic mass is 9.98. The second kappa shape index (κ2) is 7.39. The van der Waals surface area contributed by atoms with Gasteiger partial charge in [-0.1, -0.05) is 38.1 Å². The van der Waals surface area contributed by atoms with Crippen LogP contribution in [0, 0.1) is 0 Å². The number of hydrogen-bond donors (Lipinski definition) is 1. The number of hydrogen-bond acceptors (Lipinski definition) is 3. The Bertz CT molecular complexity index is 427. The second-order valence-electron chi connectivity index (χ2n) is 6.93. The molecule has 1 heterocycles. The molecule has 0 radical (unpaired) electrons. The average Bonchev–Trinajstić information content (AvgIpc) is 2.47. The number of nitrogens with zero attached hydrogens (tertiary/aromatic N) is 2. The molecule has 1 fully saturated rings. The van der Waals surface area contributed by atoms with E-state index in [1.54, 1.807) is 0 Å². The van der Waals surface area contributed by atoms with E-state index in [4.69, 9.17) is 5.73 Å². The summed E-state index contributed by atoms with van der Waals surface area (Å²) in [6, 6.07) is 9.57. The first kappa shape index (κ1) is 16.5.